The molecule has 1 rings (SSSR count). The zero-order chi connectivity index (χ0) is 15.3. The molecule has 0 aromatic heterocycles. The molecule has 0 aliphatic heterocycles. The van der Waals surface area contributed by atoms with E-state index in [-0.39, 0.29) is 24.2 Å². The van der Waals surface area contributed by atoms with Gasteiger partial charge < -0.3 is 10.4 Å². The molecule has 110 valence electrons. The van der Waals surface area contributed by atoms with Gasteiger partial charge in [0.15, 0.2) is 0 Å². The highest BCUT2D eigenvalue weighted by atomic mass is 35.5. The van der Waals surface area contributed by atoms with Gasteiger partial charge in [-0.15, -0.1) is 0 Å². The highest BCUT2D eigenvalue weighted by Crippen LogP contribution is 2.18. The Labute approximate surface area is 124 Å². The molecular formula is C15H20ClNO3. The van der Waals surface area contributed by atoms with Crippen molar-refractivity contribution < 1.29 is 14.7 Å². The second-order valence-electron chi connectivity index (χ2n) is 6.03. The summed E-state index contributed by atoms with van der Waals surface area (Å²) in [7, 11) is 0. The summed E-state index contributed by atoms with van der Waals surface area (Å²) in [6.45, 7) is 5.80. The highest BCUT2D eigenvalue weighted by molar-refractivity contribution is 6.30. The van der Waals surface area contributed by atoms with E-state index < -0.39 is 12.0 Å². The van der Waals surface area contributed by atoms with Crippen LogP contribution in [0.4, 0.5) is 0 Å². The molecule has 0 spiro atoms. The molecule has 20 heavy (non-hydrogen) atoms. The monoisotopic (exact) mass is 297 g/mol. The maximum Gasteiger partial charge on any atom is 0.326 e. The normalized spacial score (nSPS) is 12.8. The van der Waals surface area contributed by atoms with Gasteiger partial charge in [-0.05, 0) is 23.1 Å². The van der Waals surface area contributed by atoms with Gasteiger partial charge in [0.25, 0.3) is 0 Å². The maximum absolute atomic E-state index is 11.8. The lowest BCUT2D eigenvalue weighted by molar-refractivity contribution is -0.142. The average Bonchev–Trinajstić information content (AvgIpc) is 2.28. The molecule has 1 aromatic rings. The largest absolute Gasteiger partial charge is 0.480 e. The number of rotatable bonds is 5. The average molecular weight is 298 g/mol. The number of carbonyl (C=O) groups excluding carboxylic acids is 1. The molecule has 0 aliphatic carbocycles. The van der Waals surface area contributed by atoms with Crippen molar-refractivity contribution in [2.75, 3.05) is 0 Å². The Kier molecular flexibility index (Phi) is 5.57. The van der Waals surface area contributed by atoms with E-state index in [0.29, 0.717) is 5.02 Å². The van der Waals surface area contributed by atoms with E-state index in [1.165, 1.54) is 0 Å². The van der Waals surface area contributed by atoms with Gasteiger partial charge in [-0.1, -0.05) is 44.5 Å². The van der Waals surface area contributed by atoms with Crippen LogP contribution in [0.2, 0.25) is 5.02 Å². The first-order chi connectivity index (χ1) is 9.17. The molecule has 0 unspecified atom stereocenters. The molecule has 0 saturated heterocycles. The van der Waals surface area contributed by atoms with Gasteiger partial charge in [0, 0.05) is 17.9 Å². The van der Waals surface area contributed by atoms with E-state index in [0.717, 1.165) is 5.56 Å². The lowest BCUT2D eigenvalue weighted by Crippen LogP contribution is -2.43. The maximum atomic E-state index is 11.8. The summed E-state index contributed by atoms with van der Waals surface area (Å²) in [6.07, 6.45) is 0.528. The third-order valence-corrected chi connectivity index (χ3v) is 2.93. The Morgan fingerprint density at radius 1 is 1.25 bits per heavy atom. The van der Waals surface area contributed by atoms with Gasteiger partial charge >= 0.3 is 5.97 Å². The Morgan fingerprint density at radius 2 is 1.80 bits per heavy atom. The third-order valence-electron chi connectivity index (χ3n) is 2.68. The van der Waals surface area contributed by atoms with Gasteiger partial charge in [-0.25, -0.2) is 4.79 Å². The third kappa shape index (κ3) is 6.06. The molecule has 1 atom stereocenters. The number of aliphatic carboxylic acids is 1. The number of hydrogen-bond acceptors (Lipinski definition) is 2. The molecule has 0 bridgehead atoms. The number of halogens is 1. The minimum absolute atomic E-state index is 0.173. The number of benzene rings is 1. The van der Waals surface area contributed by atoms with Gasteiger partial charge in [-0.2, -0.15) is 0 Å². The highest BCUT2D eigenvalue weighted by Gasteiger charge is 2.23. The van der Waals surface area contributed by atoms with E-state index in [1.54, 1.807) is 24.3 Å². The predicted molar refractivity (Wildman–Crippen MR) is 78.8 cm³/mol. The standard InChI is InChI=1S/C15H20ClNO3/c1-15(2,3)9-13(18)17-12(14(19)20)8-10-4-6-11(16)7-5-10/h4-7,12H,8-9H2,1-3H3,(H,17,18)(H,19,20)/t12-/m0/s1. The summed E-state index contributed by atoms with van der Waals surface area (Å²) in [6, 6.07) is 5.99. The first-order valence-corrected chi connectivity index (χ1v) is 6.82. The molecule has 0 heterocycles. The van der Waals surface area contributed by atoms with Crippen molar-refractivity contribution in [3.05, 3.63) is 34.9 Å². The Bertz CT molecular complexity index is 477. The summed E-state index contributed by atoms with van der Waals surface area (Å²) >= 11 is 5.78. The van der Waals surface area contributed by atoms with Crippen LogP contribution in [0.15, 0.2) is 24.3 Å². The van der Waals surface area contributed by atoms with Crippen LogP contribution in [0.3, 0.4) is 0 Å². The fraction of sp³-hybridized carbons (Fsp3) is 0.467. The number of hydrogen-bond donors (Lipinski definition) is 2. The van der Waals surface area contributed by atoms with Crippen LogP contribution < -0.4 is 5.32 Å². The molecular weight excluding hydrogens is 278 g/mol. The smallest absolute Gasteiger partial charge is 0.326 e. The van der Waals surface area contributed by atoms with Gasteiger partial charge in [-0.3, -0.25) is 4.79 Å². The van der Waals surface area contributed by atoms with Crippen molar-refractivity contribution in [3.8, 4) is 0 Å². The molecule has 0 radical (unpaired) electrons. The second-order valence-corrected chi connectivity index (χ2v) is 6.46. The van der Waals surface area contributed by atoms with Crippen molar-refractivity contribution in [1.82, 2.24) is 5.32 Å². The van der Waals surface area contributed by atoms with Gasteiger partial charge in [0.1, 0.15) is 6.04 Å². The predicted octanol–water partition coefficient (Wildman–Crippen LogP) is 2.89. The van der Waals surface area contributed by atoms with Crippen molar-refractivity contribution in [2.24, 2.45) is 5.41 Å². The Morgan fingerprint density at radius 3 is 2.25 bits per heavy atom. The van der Waals surface area contributed by atoms with Crippen LogP contribution in [0.25, 0.3) is 0 Å². The topological polar surface area (TPSA) is 66.4 Å². The number of carbonyl (C=O) groups is 2. The minimum Gasteiger partial charge on any atom is -0.480 e. The Hall–Kier alpha value is -1.55. The molecule has 0 aliphatic rings. The summed E-state index contributed by atoms with van der Waals surface area (Å²) in [4.78, 5) is 23.1. The van der Waals surface area contributed by atoms with Crippen LogP contribution in [-0.2, 0) is 16.0 Å². The molecule has 1 amide bonds. The lowest BCUT2D eigenvalue weighted by atomic mass is 9.91. The van der Waals surface area contributed by atoms with Crippen LogP contribution >= 0.6 is 11.6 Å². The van der Waals surface area contributed by atoms with Crippen molar-refractivity contribution in [1.29, 1.82) is 0 Å². The molecule has 4 nitrogen and oxygen atoms in total. The summed E-state index contributed by atoms with van der Waals surface area (Å²) in [5, 5.41) is 12.4. The summed E-state index contributed by atoms with van der Waals surface area (Å²) in [5.74, 6) is -1.29. The lowest BCUT2D eigenvalue weighted by Gasteiger charge is -2.20. The van der Waals surface area contributed by atoms with Crippen LogP contribution in [0.1, 0.15) is 32.8 Å². The van der Waals surface area contributed by atoms with E-state index in [9.17, 15) is 14.7 Å². The zero-order valence-electron chi connectivity index (χ0n) is 11.9. The zero-order valence-corrected chi connectivity index (χ0v) is 12.7. The second kappa shape index (κ2) is 6.75. The van der Waals surface area contributed by atoms with Gasteiger partial charge in [0.05, 0.1) is 0 Å². The van der Waals surface area contributed by atoms with E-state index in [1.807, 2.05) is 20.8 Å². The van der Waals surface area contributed by atoms with Crippen LogP contribution in [0.5, 0.6) is 0 Å². The molecule has 0 fully saturated rings. The number of carboxylic acid groups (broad SMARTS) is 1. The SMILES string of the molecule is CC(C)(C)CC(=O)N[C@@H](Cc1ccc(Cl)cc1)C(=O)O. The van der Waals surface area contributed by atoms with E-state index in [4.69, 9.17) is 11.6 Å². The van der Waals surface area contributed by atoms with Gasteiger partial charge in [0.2, 0.25) is 5.91 Å². The molecule has 0 saturated carbocycles. The van der Waals surface area contributed by atoms with E-state index >= 15 is 0 Å². The fourth-order valence-electron chi connectivity index (χ4n) is 1.78. The van der Waals surface area contributed by atoms with Crippen molar-refractivity contribution >= 4 is 23.5 Å². The van der Waals surface area contributed by atoms with Crippen LogP contribution in [0, 0.1) is 5.41 Å². The first kappa shape index (κ1) is 16.5. The molecule has 5 heteroatoms. The number of amides is 1. The Balaban J connectivity index is 2.68. The van der Waals surface area contributed by atoms with E-state index in [2.05, 4.69) is 5.32 Å². The summed E-state index contributed by atoms with van der Waals surface area (Å²) < 4.78 is 0. The van der Waals surface area contributed by atoms with Crippen LogP contribution in [-0.4, -0.2) is 23.0 Å². The quantitative estimate of drug-likeness (QED) is 0.878. The summed E-state index contributed by atoms with van der Waals surface area (Å²) in [5.41, 5.74) is 0.644. The fourth-order valence-corrected chi connectivity index (χ4v) is 1.91. The molecule has 2 N–H and O–H groups in total. The minimum atomic E-state index is -1.04. The number of carboxylic acids is 1. The first-order valence-electron chi connectivity index (χ1n) is 6.44. The van der Waals surface area contributed by atoms with Crippen molar-refractivity contribution in [2.45, 2.75) is 39.7 Å². The molecule has 1 aromatic carbocycles. The number of nitrogens with one attached hydrogen (secondary N) is 1. The van der Waals surface area contributed by atoms with Crippen molar-refractivity contribution in [3.63, 3.8) is 0 Å².